The second kappa shape index (κ2) is 5.96. The van der Waals surface area contributed by atoms with Gasteiger partial charge in [-0.05, 0) is 6.92 Å². The SMILES string of the molecule is CNc1nc(N)ncc1-c1cn([C@@H]2O[C@H](CO)[C@@H](O)[C@@]2(C)F)cn1. The van der Waals surface area contributed by atoms with E-state index in [0.29, 0.717) is 17.1 Å². The number of alkyl halides is 1. The molecule has 1 aliphatic rings. The Balaban J connectivity index is 1.94. The molecule has 130 valence electrons. The maximum Gasteiger partial charge on any atom is 0.221 e. The molecule has 0 amide bonds. The Labute approximate surface area is 137 Å². The van der Waals surface area contributed by atoms with E-state index in [1.165, 1.54) is 24.0 Å². The van der Waals surface area contributed by atoms with Gasteiger partial charge in [0.15, 0.2) is 11.9 Å². The van der Waals surface area contributed by atoms with Gasteiger partial charge in [-0.15, -0.1) is 0 Å². The van der Waals surface area contributed by atoms with Crippen LogP contribution in [0.5, 0.6) is 0 Å². The van der Waals surface area contributed by atoms with Crippen molar-refractivity contribution in [1.82, 2.24) is 19.5 Å². The summed E-state index contributed by atoms with van der Waals surface area (Å²) in [5.74, 6) is 0.600. The normalized spacial score (nSPS) is 29.8. The number of aliphatic hydroxyl groups is 2. The van der Waals surface area contributed by atoms with Gasteiger partial charge in [-0.2, -0.15) is 4.98 Å². The molecule has 5 N–H and O–H groups in total. The summed E-state index contributed by atoms with van der Waals surface area (Å²) in [7, 11) is 1.68. The van der Waals surface area contributed by atoms with Crippen LogP contribution >= 0.6 is 0 Å². The van der Waals surface area contributed by atoms with Crippen LogP contribution in [0.1, 0.15) is 13.2 Å². The highest BCUT2D eigenvalue weighted by atomic mass is 19.1. The third-order valence-corrected chi connectivity index (χ3v) is 4.09. The number of nitrogens with one attached hydrogen (secondary N) is 1. The first-order valence-electron chi connectivity index (χ1n) is 7.36. The van der Waals surface area contributed by atoms with E-state index >= 15 is 0 Å². The lowest BCUT2D eigenvalue weighted by molar-refractivity contribution is -0.0586. The van der Waals surface area contributed by atoms with Crippen LogP contribution in [0, 0.1) is 0 Å². The smallest absolute Gasteiger partial charge is 0.221 e. The summed E-state index contributed by atoms with van der Waals surface area (Å²) >= 11 is 0. The molecule has 0 unspecified atom stereocenters. The van der Waals surface area contributed by atoms with Crippen molar-refractivity contribution in [3.63, 3.8) is 0 Å². The largest absolute Gasteiger partial charge is 0.394 e. The summed E-state index contributed by atoms with van der Waals surface area (Å²) in [6.07, 6.45) is 0.912. The van der Waals surface area contributed by atoms with Crippen molar-refractivity contribution in [1.29, 1.82) is 0 Å². The molecule has 0 saturated carbocycles. The van der Waals surface area contributed by atoms with E-state index in [2.05, 4.69) is 20.3 Å². The molecule has 10 heteroatoms. The lowest BCUT2D eigenvalue weighted by Gasteiger charge is -2.24. The quantitative estimate of drug-likeness (QED) is 0.610. The monoisotopic (exact) mass is 338 g/mol. The number of nitrogens with two attached hydrogens (primary N) is 1. The molecule has 1 aliphatic heterocycles. The van der Waals surface area contributed by atoms with Crippen molar-refractivity contribution < 1.29 is 19.3 Å². The number of imidazole rings is 1. The number of nitrogen functional groups attached to an aromatic ring is 1. The van der Waals surface area contributed by atoms with E-state index < -0.39 is 30.7 Å². The molecule has 9 nitrogen and oxygen atoms in total. The Morgan fingerprint density at radius 1 is 1.50 bits per heavy atom. The Kier molecular flexibility index (Phi) is 4.11. The fourth-order valence-corrected chi connectivity index (χ4v) is 2.76. The van der Waals surface area contributed by atoms with Crippen LogP contribution in [0.4, 0.5) is 16.2 Å². The lowest BCUT2D eigenvalue weighted by atomic mass is 9.99. The molecule has 24 heavy (non-hydrogen) atoms. The van der Waals surface area contributed by atoms with Crippen LogP contribution in [0.25, 0.3) is 11.3 Å². The van der Waals surface area contributed by atoms with Crippen LogP contribution in [0.2, 0.25) is 0 Å². The van der Waals surface area contributed by atoms with E-state index in [4.69, 9.17) is 10.5 Å². The van der Waals surface area contributed by atoms with Crippen molar-refractivity contribution in [3.05, 3.63) is 18.7 Å². The Hall–Kier alpha value is -2.30. The number of hydrogen-bond donors (Lipinski definition) is 4. The molecule has 0 spiro atoms. The van der Waals surface area contributed by atoms with Crippen molar-refractivity contribution in [2.75, 3.05) is 24.7 Å². The van der Waals surface area contributed by atoms with Crippen LogP contribution in [0.15, 0.2) is 18.7 Å². The van der Waals surface area contributed by atoms with Gasteiger partial charge >= 0.3 is 0 Å². The minimum atomic E-state index is -2.07. The number of hydrogen-bond acceptors (Lipinski definition) is 8. The summed E-state index contributed by atoms with van der Waals surface area (Å²) < 4.78 is 21.7. The third-order valence-electron chi connectivity index (χ3n) is 4.09. The highest BCUT2D eigenvalue weighted by Gasteiger charge is 2.54. The molecule has 0 aliphatic carbocycles. The fraction of sp³-hybridized carbons (Fsp3) is 0.500. The summed E-state index contributed by atoms with van der Waals surface area (Å²) in [5.41, 5.74) is 4.56. The Morgan fingerprint density at radius 2 is 2.25 bits per heavy atom. The zero-order valence-electron chi connectivity index (χ0n) is 13.2. The number of ether oxygens (including phenoxy) is 1. The number of aromatic nitrogens is 4. The second-order valence-corrected chi connectivity index (χ2v) is 5.75. The van der Waals surface area contributed by atoms with Gasteiger partial charge in [0.2, 0.25) is 5.95 Å². The van der Waals surface area contributed by atoms with Gasteiger partial charge in [-0.1, -0.05) is 0 Å². The average Bonchev–Trinajstić information content (AvgIpc) is 3.11. The van der Waals surface area contributed by atoms with Crippen LogP contribution in [-0.2, 0) is 4.74 Å². The minimum Gasteiger partial charge on any atom is -0.394 e. The fourth-order valence-electron chi connectivity index (χ4n) is 2.76. The molecular formula is C14H19FN6O3. The van der Waals surface area contributed by atoms with E-state index in [9.17, 15) is 14.6 Å². The van der Waals surface area contributed by atoms with E-state index in [1.54, 1.807) is 13.2 Å². The first kappa shape index (κ1) is 16.6. The number of nitrogens with zero attached hydrogens (tertiary/aromatic N) is 4. The van der Waals surface area contributed by atoms with Crippen molar-refractivity contribution >= 4 is 11.8 Å². The number of halogens is 1. The molecular weight excluding hydrogens is 319 g/mol. The minimum absolute atomic E-state index is 0.118. The van der Waals surface area contributed by atoms with Crippen LogP contribution in [0.3, 0.4) is 0 Å². The van der Waals surface area contributed by atoms with Gasteiger partial charge < -0.3 is 30.6 Å². The zero-order valence-corrected chi connectivity index (χ0v) is 13.2. The molecule has 1 saturated heterocycles. The number of rotatable bonds is 4. The highest BCUT2D eigenvalue weighted by Crippen LogP contribution is 2.41. The number of anilines is 2. The Morgan fingerprint density at radius 3 is 2.88 bits per heavy atom. The summed E-state index contributed by atoms with van der Waals surface area (Å²) in [6.45, 7) is 0.747. The standard InChI is InChI=1S/C14H19FN6O3/c1-14(15)10(23)9(5-22)24-12(14)21-4-8(19-6-21)7-3-18-13(16)20-11(7)17-2/h3-4,6,9-10,12,22-23H,5H2,1-2H3,(H3,16,17,18,20)/t9-,10-,12-,14-/m1/s1. The maximum absolute atomic E-state index is 14.8. The first-order chi connectivity index (χ1) is 11.4. The predicted octanol–water partition coefficient (Wildman–Crippen LogP) is -0.0572. The van der Waals surface area contributed by atoms with E-state index in [0.717, 1.165) is 0 Å². The molecule has 0 bridgehead atoms. The maximum atomic E-state index is 14.8. The van der Waals surface area contributed by atoms with Gasteiger partial charge in [0.1, 0.15) is 18.0 Å². The molecule has 1 fully saturated rings. The topological polar surface area (TPSA) is 131 Å². The molecule has 3 rings (SSSR count). The second-order valence-electron chi connectivity index (χ2n) is 5.75. The highest BCUT2D eigenvalue weighted by molar-refractivity contribution is 5.71. The molecule has 0 aromatic carbocycles. The molecule has 3 heterocycles. The van der Waals surface area contributed by atoms with Gasteiger partial charge in [-0.3, -0.25) is 0 Å². The van der Waals surface area contributed by atoms with E-state index in [1.807, 2.05) is 0 Å². The summed E-state index contributed by atoms with van der Waals surface area (Å²) in [5, 5.41) is 22.0. The summed E-state index contributed by atoms with van der Waals surface area (Å²) in [6, 6.07) is 0. The van der Waals surface area contributed by atoms with Crippen LogP contribution < -0.4 is 11.1 Å². The van der Waals surface area contributed by atoms with Crippen molar-refractivity contribution in [2.45, 2.75) is 31.0 Å². The molecule has 2 aromatic heterocycles. The molecule has 2 aromatic rings. The van der Waals surface area contributed by atoms with E-state index in [-0.39, 0.29) is 5.95 Å². The summed E-state index contributed by atoms with van der Waals surface area (Å²) in [4.78, 5) is 12.2. The van der Waals surface area contributed by atoms with Crippen LogP contribution in [-0.4, -0.2) is 61.3 Å². The number of aliphatic hydroxyl groups excluding tert-OH is 2. The Bertz CT molecular complexity index is 737. The van der Waals surface area contributed by atoms with Crippen molar-refractivity contribution in [2.24, 2.45) is 0 Å². The first-order valence-corrected chi connectivity index (χ1v) is 7.36. The van der Waals surface area contributed by atoms with Gasteiger partial charge in [-0.25, -0.2) is 14.4 Å². The predicted molar refractivity (Wildman–Crippen MR) is 83.7 cm³/mol. The third kappa shape index (κ3) is 2.58. The lowest BCUT2D eigenvalue weighted by Crippen LogP contribution is -2.40. The zero-order chi connectivity index (χ0) is 17.5. The average molecular weight is 338 g/mol. The van der Waals surface area contributed by atoms with Gasteiger partial charge in [0.25, 0.3) is 0 Å². The molecule has 0 radical (unpaired) electrons. The molecule has 4 atom stereocenters. The van der Waals surface area contributed by atoms with Crippen molar-refractivity contribution in [3.8, 4) is 11.3 Å². The van der Waals surface area contributed by atoms with Gasteiger partial charge in [0, 0.05) is 19.4 Å². The van der Waals surface area contributed by atoms with Gasteiger partial charge in [0.05, 0.1) is 24.2 Å².